The number of aromatic nitrogens is 2. The maximum absolute atomic E-state index is 12.2. The van der Waals surface area contributed by atoms with Crippen LogP contribution in [0.4, 0.5) is 0 Å². The van der Waals surface area contributed by atoms with Gasteiger partial charge in [0.2, 0.25) is 0 Å². The first-order valence-electron chi connectivity index (χ1n) is 5.90. The highest BCUT2D eigenvalue weighted by Gasteiger charge is 2.16. The van der Waals surface area contributed by atoms with E-state index in [1.54, 1.807) is 10.9 Å². The Morgan fingerprint density at radius 2 is 2.29 bits per heavy atom. The molecule has 4 heteroatoms. The molecule has 0 bridgehead atoms. The van der Waals surface area contributed by atoms with Gasteiger partial charge in [-0.25, -0.2) is 4.98 Å². The molecule has 1 aliphatic rings. The van der Waals surface area contributed by atoms with Crippen molar-refractivity contribution in [3.8, 4) is 0 Å². The lowest BCUT2D eigenvalue weighted by atomic mass is 10.2. The van der Waals surface area contributed by atoms with E-state index in [-0.39, 0.29) is 11.7 Å². The molecule has 0 aliphatic carbocycles. The van der Waals surface area contributed by atoms with E-state index in [9.17, 15) is 4.79 Å². The molecule has 0 saturated carbocycles. The summed E-state index contributed by atoms with van der Waals surface area (Å²) in [5.74, 6) is 0. The molecule has 3 rings (SSSR count). The lowest BCUT2D eigenvalue weighted by Crippen LogP contribution is -2.26. The molecule has 1 saturated heterocycles. The van der Waals surface area contributed by atoms with Gasteiger partial charge in [0, 0.05) is 6.61 Å². The highest BCUT2D eigenvalue weighted by molar-refractivity contribution is 5.76. The lowest BCUT2D eigenvalue weighted by Gasteiger charge is -2.11. The third-order valence-corrected chi connectivity index (χ3v) is 3.16. The van der Waals surface area contributed by atoms with Crippen LogP contribution < -0.4 is 5.56 Å². The van der Waals surface area contributed by atoms with Crippen LogP contribution >= 0.6 is 0 Å². The van der Waals surface area contributed by atoms with Gasteiger partial charge < -0.3 is 4.74 Å². The number of para-hydroxylation sites is 1. The van der Waals surface area contributed by atoms with Gasteiger partial charge in [0.05, 0.1) is 29.9 Å². The van der Waals surface area contributed by atoms with Crippen LogP contribution in [-0.4, -0.2) is 22.3 Å². The summed E-state index contributed by atoms with van der Waals surface area (Å²) in [6, 6.07) is 7.42. The number of ether oxygens (including phenoxy) is 1. The van der Waals surface area contributed by atoms with Crippen molar-refractivity contribution < 1.29 is 4.74 Å². The SMILES string of the molecule is O=c1c2ccccc2ncn1CC1CCCO1. The summed E-state index contributed by atoms with van der Waals surface area (Å²) < 4.78 is 7.19. The van der Waals surface area contributed by atoms with Gasteiger partial charge in [0.15, 0.2) is 0 Å². The molecule has 2 aromatic rings. The fourth-order valence-corrected chi connectivity index (χ4v) is 2.24. The molecule has 1 fully saturated rings. The van der Waals surface area contributed by atoms with E-state index in [2.05, 4.69) is 4.98 Å². The molecule has 1 aliphatic heterocycles. The Morgan fingerprint density at radius 3 is 3.12 bits per heavy atom. The minimum atomic E-state index is 0.0195. The topological polar surface area (TPSA) is 44.1 Å². The molecule has 4 nitrogen and oxygen atoms in total. The third kappa shape index (κ3) is 1.96. The molecular weight excluding hydrogens is 216 g/mol. The van der Waals surface area contributed by atoms with Crippen LogP contribution in [0.25, 0.3) is 10.9 Å². The number of hydrogen-bond acceptors (Lipinski definition) is 3. The Labute approximate surface area is 98.9 Å². The highest BCUT2D eigenvalue weighted by Crippen LogP contribution is 2.13. The molecule has 1 aromatic carbocycles. The first-order chi connectivity index (χ1) is 8.34. The van der Waals surface area contributed by atoms with Gasteiger partial charge in [0.25, 0.3) is 5.56 Å². The van der Waals surface area contributed by atoms with Crippen molar-refractivity contribution in [1.29, 1.82) is 0 Å². The van der Waals surface area contributed by atoms with Crippen molar-refractivity contribution in [2.24, 2.45) is 0 Å². The number of hydrogen-bond donors (Lipinski definition) is 0. The third-order valence-electron chi connectivity index (χ3n) is 3.16. The van der Waals surface area contributed by atoms with Gasteiger partial charge in [-0.2, -0.15) is 0 Å². The first-order valence-corrected chi connectivity index (χ1v) is 5.90. The van der Waals surface area contributed by atoms with Crippen LogP contribution in [-0.2, 0) is 11.3 Å². The van der Waals surface area contributed by atoms with Gasteiger partial charge in [-0.15, -0.1) is 0 Å². The van der Waals surface area contributed by atoms with E-state index in [1.807, 2.05) is 24.3 Å². The summed E-state index contributed by atoms with van der Waals surface area (Å²) in [6.07, 6.45) is 3.89. The van der Waals surface area contributed by atoms with Crippen molar-refractivity contribution in [1.82, 2.24) is 9.55 Å². The van der Waals surface area contributed by atoms with Crippen molar-refractivity contribution in [3.63, 3.8) is 0 Å². The monoisotopic (exact) mass is 230 g/mol. The predicted molar refractivity (Wildman–Crippen MR) is 65.0 cm³/mol. The van der Waals surface area contributed by atoms with E-state index < -0.39 is 0 Å². The van der Waals surface area contributed by atoms with Crippen LogP contribution in [0.1, 0.15) is 12.8 Å². The van der Waals surface area contributed by atoms with Crippen LogP contribution in [0.2, 0.25) is 0 Å². The predicted octanol–water partition coefficient (Wildman–Crippen LogP) is 1.58. The number of benzene rings is 1. The molecule has 1 atom stereocenters. The average molecular weight is 230 g/mol. The van der Waals surface area contributed by atoms with Crippen LogP contribution in [0.5, 0.6) is 0 Å². The summed E-state index contributed by atoms with van der Waals surface area (Å²) in [5.41, 5.74) is 0.771. The Hall–Kier alpha value is -1.68. The molecular formula is C13H14N2O2. The Kier molecular flexibility index (Phi) is 2.65. The largest absolute Gasteiger partial charge is 0.376 e. The normalized spacial score (nSPS) is 19.9. The highest BCUT2D eigenvalue weighted by atomic mass is 16.5. The van der Waals surface area contributed by atoms with E-state index in [4.69, 9.17) is 4.74 Å². The quantitative estimate of drug-likeness (QED) is 0.786. The maximum atomic E-state index is 12.2. The van der Waals surface area contributed by atoms with Gasteiger partial charge in [-0.1, -0.05) is 12.1 Å². The van der Waals surface area contributed by atoms with Crippen molar-refractivity contribution >= 4 is 10.9 Å². The smallest absolute Gasteiger partial charge is 0.261 e. The molecule has 1 unspecified atom stereocenters. The summed E-state index contributed by atoms with van der Waals surface area (Å²) in [7, 11) is 0. The number of nitrogens with zero attached hydrogens (tertiary/aromatic N) is 2. The van der Waals surface area contributed by atoms with Gasteiger partial charge in [-0.3, -0.25) is 9.36 Å². The molecule has 2 heterocycles. The van der Waals surface area contributed by atoms with E-state index >= 15 is 0 Å². The second-order valence-corrected chi connectivity index (χ2v) is 4.35. The fraction of sp³-hybridized carbons (Fsp3) is 0.385. The second-order valence-electron chi connectivity index (χ2n) is 4.35. The zero-order valence-corrected chi connectivity index (χ0v) is 9.50. The van der Waals surface area contributed by atoms with Gasteiger partial charge >= 0.3 is 0 Å². The average Bonchev–Trinajstić information content (AvgIpc) is 2.86. The second kappa shape index (κ2) is 4.30. The first kappa shape index (κ1) is 10.5. The molecule has 0 radical (unpaired) electrons. The maximum Gasteiger partial charge on any atom is 0.261 e. The minimum Gasteiger partial charge on any atom is -0.376 e. The van der Waals surface area contributed by atoms with Gasteiger partial charge in [-0.05, 0) is 25.0 Å². The zero-order chi connectivity index (χ0) is 11.7. The summed E-state index contributed by atoms with van der Waals surface area (Å²) in [6.45, 7) is 1.41. The molecule has 0 spiro atoms. The van der Waals surface area contributed by atoms with Crippen molar-refractivity contribution in [2.45, 2.75) is 25.5 Å². The van der Waals surface area contributed by atoms with E-state index in [0.29, 0.717) is 11.9 Å². The summed E-state index contributed by atoms with van der Waals surface area (Å²) in [5, 5.41) is 0.674. The van der Waals surface area contributed by atoms with Crippen molar-refractivity contribution in [2.75, 3.05) is 6.61 Å². The summed E-state index contributed by atoms with van der Waals surface area (Å²) in [4.78, 5) is 16.5. The lowest BCUT2D eigenvalue weighted by molar-refractivity contribution is 0.0960. The van der Waals surface area contributed by atoms with Crippen LogP contribution in [0.3, 0.4) is 0 Å². The number of fused-ring (bicyclic) bond motifs is 1. The van der Waals surface area contributed by atoms with E-state index in [0.717, 1.165) is 25.0 Å². The molecule has 0 amide bonds. The molecule has 0 N–H and O–H groups in total. The van der Waals surface area contributed by atoms with Gasteiger partial charge in [0.1, 0.15) is 0 Å². The number of rotatable bonds is 2. The Morgan fingerprint density at radius 1 is 1.41 bits per heavy atom. The van der Waals surface area contributed by atoms with Crippen LogP contribution in [0, 0.1) is 0 Å². The Balaban J connectivity index is 1.99. The van der Waals surface area contributed by atoms with Crippen LogP contribution in [0.15, 0.2) is 35.4 Å². The molecule has 88 valence electrons. The minimum absolute atomic E-state index is 0.0195. The standard InChI is InChI=1S/C13H14N2O2/c16-13-11-5-1-2-6-12(11)14-9-15(13)8-10-4-3-7-17-10/h1-2,5-6,9-10H,3-4,7-8H2. The fourth-order valence-electron chi connectivity index (χ4n) is 2.24. The zero-order valence-electron chi connectivity index (χ0n) is 9.50. The molecule has 1 aromatic heterocycles. The summed E-state index contributed by atoms with van der Waals surface area (Å²) >= 11 is 0. The molecule has 17 heavy (non-hydrogen) atoms. The Bertz CT molecular complexity index is 585. The van der Waals surface area contributed by atoms with E-state index in [1.165, 1.54) is 0 Å². The van der Waals surface area contributed by atoms with Crippen molar-refractivity contribution in [3.05, 3.63) is 40.9 Å².